The first-order valence-electron chi connectivity index (χ1n) is 6.48. The van der Waals surface area contributed by atoms with Crippen molar-refractivity contribution in [1.29, 1.82) is 0 Å². The molecule has 0 bridgehead atoms. The van der Waals surface area contributed by atoms with Crippen LogP contribution in [0.25, 0.3) is 0 Å². The molecule has 0 aromatic rings. The number of halogens is 3. The average molecular weight is 282 g/mol. The number of likely N-dealkylation sites (tertiary alicyclic amines) is 1. The highest BCUT2D eigenvalue weighted by Crippen LogP contribution is 2.22. The third kappa shape index (κ3) is 6.24. The number of aliphatic hydroxyl groups is 1. The van der Waals surface area contributed by atoms with Crippen molar-refractivity contribution < 1.29 is 23.1 Å². The number of carbonyl (C=O) groups excluding carboxylic acids is 1. The fraction of sp³-hybridized carbons (Fsp3) is 0.917. The molecule has 1 fully saturated rings. The lowest BCUT2D eigenvalue weighted by Crippen LogP contribution is -2.52. The number of nitrogens with zero attached hydrogens (tertiary/aromatic N) is 1. The van der Waals surface area contributed by atoms with Crippen LogP contribution in [0.3, 0.4) is 0 Å². The van der Waals surface area contributed by atoms with Crippen LogP contribution < -0.4 is 5.32 Å². The summed E-state index contributed by atoms with van der Waals surface area (Å²) in [7, 11) is 0. The van der Waals surface area contributed by atoms with Gasteiger partial charge in [-0.1, -0.05) is 0 Å². The standard InChI is InChI=1S/C12H21F3N2O2/c1-9(19)17-6-10(3-2-4-18)5-11(7-17)16-8-12(13,14)15/h10-11,16,18H,2-8H2,1H3. The number of nitrogens with one attached hydrogen (secondary N) is 1. The average Bonchev–Trinajstić information content (AvgIpc) is 2.32. The van der Waals surface area contributed by atoms with Gasteiger partial charge in [0.05, 0.1) is 6.54 Å². The molecule has 0 spiro atoms. The molecule has 0 aliphatic carbocycles. The van der Waals surface area contributed by atoms with Gasteiger partial charge in [-0.15, -0.1) is 0 Å². The second kappa shape index (κ2) is 7.09. The van der Waals surface area contributed by atoms with E-state index in [1.54, 1.807) is 4.90 Å². The first-order valence-corrected chi connectivity index (χ1v) is 6.48. The van der Waals surface area contributed by atoms with E-state index < -0.39 is 12.7 Å². The molecule has 1 aliphatic heterocycles. The molecule has 1 saturated heterocycles. The first-order chi connectivity index (χ1) is 8.81. The Balaban J connectivity index is 2.52. The highest BCUT2D eigenvalue weighted by atomic mass is 19.4. The summed E-state index contributed by atoms with van der Waals surface area (Å²) < 4.78 is 36.6. The van der Waals surface area contributed by atoms with E-state index in [2.05, 4.69) is 5.32 Å². The van der Waals surface area contributed by atoms with E-state index in [1.165, 1.54) is 6.92 Å². The van der Waals surface area contributed by atoms with Crippen LogP contribution in [0.1, 0.15) is 26.2 Å². The molecule has 1 rings (SSSR count). The Hall–Kier alpha value is -0.820. The van der Waals surface area contributed by atoms with Crippen LogP contribution in [0.2, 0.25) is 0 Å². The third-order valence-electron chi connectivity index (χ3n) is 3.34. The second-order valence-corrected chi connectivity index (χ2v) is 5.08. The smallest absolute Gasteiger partial charge is 0.396 e. The molecule has 0 radical (unpaired) electrons. The summed E-state index contributed by atoms with van der Waals surface area (Å²) in [6.07, 6.45) is -2.29. The van der Waals surface area contributed by atoms with E-state index >= 15 is 0 Å². The van der Waals surface area contributed by atoms with Crippen molar-refractivity contribution >= 4 is 5.91 Å². The van der Waals surface area contributed by atoms with E-state index in [0.29, 0.717) is 25.9 Å². The number of hydrogen-bond acceptors (Lipinski definition) is 3. The van der Waals surface area contributed by atoms with E-state index in [0.717, 1.165) is 6.42 Å². The van der Waals surface area contributed by atoms with Crippen LogP contribution in [0.5, 0.6) is 0 Å². The Bertz CT molecular complexity index is 297. The zero-order valence-corrected chi connectivity index (χ0v) is 11.0. The van der Waals surface area contributed by atoms with Crippen LogP contribution in [0.4, 0.5) is 13.2 Å². The number of alkyl halides is 3. The van der Waals surface area contributed by atoms with Gasteiger partial charge in [0, 0.05) is 32.7 Å². The van der Waals surface area contributed by atoms with Crippen molar-refractivity contribution in [1.82, 2.24) is 10.2 Å². The van der Waals surface area contributed by atoms with Crippen molar-refractivity contribution in [3.8, 4) is 0 Å². The molecule has 7 heteroatoms. The quantitative estimate of drug-likeness (QED) is 0.795. The SMILES string of the molecule is CC(=O)N1CC(CCCO)CC(NCC(F)(F)F)C1. The van der Waals surface area contributed by atoms with E-state index in [1.807, 2.05) is 0 Å². The van der Waals surface area contributed by atoms with E-state index in [4.69, 9.17) is 5.11 Å². The Labute approximate surface area is 111 Å². The number of hydrogen-bond donors (Lipinski definition) is 2. The summed E-state index contributed by atoms with van der Waals surface area (Å²) in [5.41, 5.74) is 0. The zero-order chi connectivity index (χ0) is 14.5. The van der Waals surface area contributed by atoms with Crippen molar-refractivity contribution in [3.05, 3.63) is 0 Å². The Morgan fingerprint density at radius 2 is 2.11 bits per heavy atom. The summed E-state index contributed by atoms with van der Waals surface area (Å²) in [5.74, 6) is 0.0306. The zero-order valence-electron chi connectivity index (χ0n) is 11.0. The molecule has 112 valence electrons. The minimum Gasteiger partial charge on any atom is -0.396 e. The van der Waals surface area contributed by atoms with E-state index in [9.17, 15) is 18.0 Å². The fourth-order valence-electron chi connectivity index (χ4n) is 2.46. The molecule has 1 amide bonds. The van der Waals surface area contributed by atoms with Crippen LogP contribution in [-0.4, -0.2) is 54.4 Å². The lowest BCUT2D eigenvalue weighted by atomic mass is 9.90. The molecule has 4 nitrogen and oxygen atoms in total. The normalized spacial score (nSPS) is 24.6. The topological polar surface area (TPSA) is 52.6 Å². The summed E-state index contributed by atoms with van der Waals surface area (Å²) >= 11 is 0. The molecule has 0 saturated carbocycles. The monoisotopic (exact) mass is 282 g/mol. The maximum Gasteiger partial charge on any atom is 0.401 e. The molecular weight excluding hydrogens is 261 g/mol. The summed E-state index contributed by atoms with van der Waals surface area (Å²) in [4.78, 5) is 13.0. The van der Waals surface area contributed by atoms with Gasteiger partial charge in [-0.25, -0.2) is 0 Å². The maximum absolute atomic E-state index is 12.2. The first kappa shape index (κ1) is 16.2. The van der Waals surface area contributed by atoms with Crippen molar-refractivity contribution in [3.63, 3.8) is 0 Å². The molecule has 0 aromatic heterocycles. The van der Waals surface area contributed by atoms with E-state index in [-0.39, 0.29) is 24.5 Å². The summed E-state index contributed by atoms with van der Waals surface area (Å²) in [6.45, 7) is 1.35. The van der Waals surface area contributed by atoms with Crippen LogP contribution >= 0.6 is 0 Å². The van der Waals surface area contributed by atoms with Crippen molar-refractivity contribution in [2.45, 2.75) is 38.4 Å². The predicted octanol–water partition coefficient (Wildman–Crippen LogP) is 1.15. The van der Waals surface area contributed by atoms with Crippen molar-refractivity contribution in [2.24, 2.45) is 5.92 Å². The van der Waals surface area contributed by atoms with Crippen LogP contribution in [0.15, 0.2) is 0 Å². The molecule has 2 unspecified atom stereocenters. The molecule has 0 aromatic carbocycles. The lowest BCUT2D eigenvalue weighted by molar-refractivity contribution is -0.133. The molecule has 19 heavy (non-hydrogen) atoms. The van der Waals surface area contributed by atoms with Gasteiger partial charge in [-0.2, -0.15) is 13.2 Å². The molecule has 1 heterocycles. The number of piperidine rings is 1. The van der Waals surface area contributed by atoms with Gasteiger partial charge in [0.15, 0.2) is 0 Å². The van der Waals surface area contributed by atoms with Gasteiger partial charge in [0.1, 0.15) is 0 Å². The number of amides is 1. The van der Waals surface area contributed by atoms with Crippen LogP contribution in [-0.2, 0) is 4.79 Å². The number of rotatable bonds is 5. The van der Waals surface area contributed by atoms with Gasteiger partial charge in [0.2, 0.25) is 5.91 Å². The van der Waals surface area contributed by atoms with Gasteiger partial charge in [-0.05, 0) is 25.2 Å². The lowest BCUT2D eigenvalue weighted by Gasteiger charge is -2.38. The molecule has 2 N–H and O–H groups in total. The summed E-state index contributed by atoms with van der Waals surface area (Å²) in [6, 6.07) is -0.331. The van der Waals surface area contributed by atoms with Gasteiger partial charge >= 0.3 is 6.18 Å². The van der Waals surface area contributed by atoms with Gasteiger partial charge in [-0.3, -0.25) is 4.79 Å². The van der Waals surface area contributed by atoms with Gasteiger partial charge < -0.3 is 15.3 Å². The predicted molar refractivity (Wildman–Crippen MR) is 64.5 cm³/mol. The molecule has 1 aliphatic rings. The highest BCUT2D eigenvalue weighted by molar-refractivity contribution is 5.73. The highest BCUT2D eigenvalue weighted by Gasteiger charge is 2.32. The van der Waals surface area contributed by atoms with Crippen molar-refractivity contribution in [2.75, 3.05) is 26.2 Å². The Morgan fingerprint density at radius 3 is 2.63 bits per heavy atom. The Morgan fingerprint density at radius 1 is 1.42 bits per heavy atom. The van der Waals surface area contributed by atoms with Crippen LogP contribution in [0, 0.1) is 5.92 Å². The Kier molecular flexibility index (Phi) is 6.06. The number of aliphatic hydroxyl groups excluding tert-OH is 1. The minimum atomic E-state index is -4.24. The second-order valence-electron chi connectivity index (χ2n) is 5.08. The fourth-order valence-corrected chi connectivity index (χ4v) is 2.46. The summed E-state index contributed by atoms with van der Waals surface area (Å²) in [5, 5.41) is 11.3. The number of carbonyl (C=O) groups is 1. The molecular formula is C12H21F3N2O2. The maximum atomic E-state index is 12.2. The molecule has 2 atom stereocenters. The largest absolute Gasteiger partial charge is 0.401 e. The third-order valence-corrected chi connectivity index (χ3v) is 3.34. The van der Waals surface area contributed by atoms with Gasteiger partial charge in [0.25, 0.3) is 0 Å². The minimum absolute atomic E-state index is 0.0667.